The standard InChI is InChI=1S/C21H38O5Si/c1-5-18(9-22-10-18)11-26-27(19(6-2)12-23-13-19,20(7-3)14-24-15-20)21(8-4)16-25-17-21/h5-17H2,1-4H3. The van der Waals surface area contributed by atoms with Crippen LogP contribution in [0.25, 0.3) is 0 Å². The number of hydrogen-bond donors (Lipinski definition) is 0. The second-order valence-electron chi connectivity index (χ2n) is 9.70. The van der Waals surface area contributed by atoms with E-state index in [-0.39, 0.29) is 20.5 Å². The summed E-state index contributed by atoms with van der Waals surface area (Å²) in [7, 11) is -2.34. The van der Waals surface area contributed by atoms with E-state index < -0.39 is 8.32 Å². The van der Waals surface area contributed by atoms with E-state index in [9.17, 15) is 0 Å². The quantitative estimate of drug-likeness (QED) is 0.522. The molecule has 156 valence electrons. The number of ether oxygens (including phenoxy) is 4. The number of hydrogen-bond acceptors (Lipinski definition) is 5. The van der Waals surface area contributed by atoms with Gasteiger partial charge in [0.15, 0.2) is 0 Å². The molecule has 0 saturated carbocycles. The lowest BCUT2D eigenvalue weighted by atomic mass is 9.84. The average Bonchev–Trinajstić information content (AvgIpc) is 2.52. The topological polar surface area (TPSA) is 46.2 Å². The van der Waals surface area contributed by atoms with Crippen LogP contribution in [-0.4, -0.2) is 67.8 Å². The fraction of sp³-hybridized carbons (Fsp3) is 1.00. The van der Waals surface area contributed by atoms with Gasteiger partial charge in [-0.2, -0.15) is 0 Å². The highest BCUT2D eigenvalue weighted by Gasteiger charge is 2.79. The molecule has 0 aromatic rings. The number of rotatable bonds is 10. The fourth-order valence-corrected chi connectivity index (χ4v) is 14.3. The second kappa shape index (κ2) is 7.06. The van der Waals surface area contributed by atoms with Gasteiger partial charge in [-0.15, -0.1) is 0 Å². The lowest BCUT2D eigenvalue weighted by Crippen LogP contribution is -2.79. The molecule has 4 heterocycles. The molecule has 4 fully saturated rings. The third kappa shape index (κ3) is 2.47. The molecule has 4 aliphatic heterocycles. The van der Waals surface area contributed by atoms with Crippen molar-refractivity contribution in [1.82, 2.24) is 0 Å². The second-order valence-corrected chi connectivity index (χ2v) is 14.5. The molecule has 0 bridgehead atoms. The van der Waals surface area contributed by atoms with Gasteiger partial charge >= 0.3 is 0 Å². The van der Waals surface area contributed by atoms with E-state index in [1.807, 2.05) is 0 Å². The zero-order chi connectivity index (χ0) is 19.2. The largest absolute Gasteiger partial charge is 0.414 e. The molecule has 0 N–H and O–H groups in total. The van der Waals surface area contributed by atoms with Gasteiger partial charge < -0.3 is 23.4 Å². The minimum absolute atomic E-state index is 0.187. The van der Waals surface area contributed by atoms with Gasteiger partial charge in [0.05, 0.1) is 52.9 Å². The predicted octanol–water partition coefficient (Wildman–Crippen LogP) is 3.92. The van der Waals surface area contributed by atoms with Crippen LogP contribution in [0.2, 0.25) is 15.1 Å². The molecule has 0 aromatic heterocycles. The molecule has 0 unspecified atom stereocenters. The van der Waals surface area contributed by atoms with Crippen molar-refractivity contribution in [2.45, 2.75) is 68.5 Å². The van der Waals surface area contributed by atoms with Gasteiger partial charge in [-0.1, -0.05) is 27.7 Å². The molecule has 0 aliphatic carbocycles. The Morgan fingerprint density at radius 1 is 0.593 bits per heavy atom. The summed E-state index contributed by atoms with van der Waals surface area (Å²) in [5.41, 5.74) is 0.205. The molecule has 4 aliphatic rings. The maximum absolute atomic E-state index is 7.44. The van der Waals surface area contributed by atoms with Crippen molar-refractivity contribution in [2.24, 2.45) is 5.41 Å². The van der Waals surface area contributed by atoms with Gasteiger partial charge in [0.1, 0.15) is 0 Å². The summed E-state index contributed by atoms with van der Waals surface area (Å²) in [4.78, 5) is 0. The highest BCUT2D eigenvalue weighted by atomic mass is 28.4. The third-order valence-corrected chi connectivity index (χ3v) is 15.7. The Bertz CT molecular complexity index is 458. The predicted molar refractivity (Wildman–Crippen MR) is 107 cm³/mol. The van der Waals surface area contributed by atoms with E-state index in [0.717, 1.165) is 85.1 Å². The van der Waals surface area contributed by atoms with Crippen molar-refractivity contribution in [2.75, 3.05) is 59.5 Å². The highest BCUT2D eigenvalue weighted by molar-refractivity contribution is 6.83. The smallest absolute Gasteiger partial charge is 0.224 e. The Morgan fingerprint density at radius 2 is 0.963 bits per heavy atom. The van der Waals surface area contributed by atoms with Gasteiger partial charge in [0, 0.05) is 27.1 Å². The van der Waals surface area contributed by atoms with E-state index in [4.69, 9.17) is 23.4 Å². The molecule has 4 rings (SSSR count). The molecule has 0 amide bonds. The molecule has 0 atom stereocenters. The van der Waals surface area contributed by atoms with Crippen LogP contribution >= 0.6 is 0 Å². The van der Waals surface area contributed by atoms with Crippen LogP contribution in [0.15, 0.2) is 0 Å². The zero-order valence-electron chi connectivity index (χ0n) is 17.7. The van der Waals surface area contributed by atoms with Crippen molar-refractivity contribution < 1.29 is 23.4 Å². The normalized spacial score (nSPS) is 29.8. The first-order chi connectivity index (χ1) is 13.0. The summed E-state index contributed by atoms with van der Waals surface area (Å²) in [5.74, 6) is 0. The fourth-order valence-electron chi connectivity index (χ4n) is 6.20. The molecule has 0 aromatic carbocycles. The minimum atomic E-state index is -2.34. The third-order valence-electron chi connectivity index (χ3n) is 8.70. The molecule has 27 heavy (non-hydrogen) atoms. The molecular weight excluding hydrogens is 360 g/mol. The molecule has 0 spiro atoms. The van der Waals surface area contributed by atoms with Gasteiger partial charge in [0.2, 0.25) is 8.32 Å². The van der Waals surface area contributed by atoms with Crippen LogP contribution < -0.4 is 0 Å². The van der Waals surface area contributed by atoms with E-state index in [0.29, 0.717) is 0 Å². The van der Waals surface area contributed by atoms with Crippen LogP contribution in [0, 0.1) is 5.41 Å². The van der Waals surface area contributed by atoms with E-state index in [2.05, 4.69) is 27.7 Å². The summed E-state index contributed by atoms with van der Waals surface area (Å²) < 4.78 is 30.7. The Hall–Kier alpha value is 0.0169. The summed E-state index contributed by atoms with van der Waals surface area (Å²) in [6.07, 6.45) is 4.54. The van der Waals surface area contributed by atoms with Crippen molar-refractivity contribution in [3.63, 3.8) is 0 Å². The Labute approximate surface area is 165 Å². The maximum atomic E-state index is 7.44. The molecule has 0 radical (unpaired) electrons. The van der Waals surface area contributed by atoms with E-state index in [1.54, 1.807) is 0 Å². The van der Waals surface area contributed by atoms with Crippen molar-refractivity contribution in [3.05, 3.63) is 0 Å². The Balaban J connectivity index is 1.79. The maximum Gasteiger partial charge on any atom is 0.224 e. The Kier molecular flexibility index (Phi) is 5.31. The highest BCUT2D eigenvalue weighted by Crippen LogP contribution is 2.73. The molecule has 6 heteroatoms. The van der Waals surface area contributed by atoms with Crippen LogP contribution in [-0.2, 0) is 23.4 Å². The molecular formula is C21H38O5Si. The summed E-state index contributed by atoms with van der Waals surface area (Å²) in [6.45, 7) is 17.0. The summed E-state index contributed by atoms with van der Waals surface area (Å²) in [5, 5.41) is 0.560. The Morgan fingerprint density at radius 3 is 1.15 bits per heavy atom. The zero-order valence-corrected chi connectivity index (χ0v) is 18.7. The first-order valence-corrected chi connectivity index (χ1v) is 12.9. The van der Waals surface area contributed by atoms with Gasteiger partial charge in [-0.05, 0) is 25.7 Å². The lowest BCUT2D eigenvalue weighted by Gasteiger charge is -2.71. The monoisotopic (exact) mass is 398 g/mol. The van der Waals surface area contributed by atoms with Crippen LogP contribution in [0.4, 0.5) is 0 Å². The van der Waals surface area contributed by atoms with Crippen LogP contribution in [0.3, 0.4) is 0 Å². The van der Waals surface area contributed by atoms with Crippen molar-refractivity contribution in [1.29, 1.82) is 0 Å². The van der Waals surface area contributed by atoms with Crippen LogP contribution in [0.1, 0.15) is 53.4 Å². The van der Waals surface area contributed by atoms with E-state index >= 15 is 0 Å². The van der Waals surface area contributed by atoms with Gasteiger partial charge in [0.25, 0.3) is 0 Å². The van der Waals surface area contributed by atoms with Gasteiger partial charge in [-0.3, -0.25) is 0 Å². The summed E-state index contributed by atoms with van der Waals surface area (Å²) >= 11 is 0. The average molecular weight is 399 g/mol. The first-order valence-electron chi connectivity index (χ1n) is 11.0. The van der Waals surface area contributed by atoms with E-state index in [1.165, 1.54) is 0 Å². The van der Waals surface area contributed by atoms with Crippen molar-refractivity contribution in [3.8, 4) is 0 Å². The molecule has 5 nitrogen and oxygen atoms in total. The first kappa shape index (κ1) is 20.3. The van der Waals surface area contributed by atoms with Crippen LogP contribution in [0.5, 0.6) is 0 Å². The van der Waals surface area contributed by atoms with Crippen molar-refractivity contribution >= 4 is 8.32 Å². The SMILES string of the molecule is CCC1(CO[Si](C2(CC)COC2)(C2(CC)COC2)C2(CC)COC2)COC1. The lowest BCUT2D eigenvalue weighted by molar-refractivity contribution is -0.151. The van der Waals surface area contributed by atoms with Gasteiger partial charge in [-0.25, -0.2) is 0 Å². The minimum Gasteiger partial charge on any atom is -0.414 e. The molecule has 4 saturated heterocycles. The summed E-state index contributed by atoms with van der Waals surface area (Å²) in [6, 6.07) is 0.